The van der Waals surface area contributed by atoms with E-state index in [-0.39, 0.29) is 11.9 Å². The van der Waals surface area contributed by atoms with Crippen LogP contribution in [-0.4, -0.2) is 16.3 Å². The van der Waals surface area contributed by atoms with Crippen LogP contribution in [0, 0.1) is 5.82 Å². The van der Waals surface area contributed by atoms with E-state index in [1.165, 1.54) is 6.07 Å². The van der Waals surface area contributed by atoms with Crippen molar-refractivity contribution in [2.24, 2.45) is 7.05 Å². The Morgan fingerprint density at radius 2 is 2.21 bits per heavy atom. The van der Waals surface area contributed by atoms with E-state index in [0.717, 1.165) is 24.2 Å². The lowest BCUT2D eigenvalue weighted by Crippen LogP contribution is -2.25. The summed E-state index contributed by atoms with van der Waals surface area (Å²) in [5.74, 6) is -0.247. The van der Waals surface area contributed by atoms with Crippen molar-refractivity contribution >= 4 is 15.9 Å². The standard InChI is InChI=1S/C14H17BrFN3/c1-3-7-17-14(13-6-8-18-19(13)2)10-4-5-12(16)11(15)9-10/h4-6,8-9,14,17H,3,7H2,1-2H3. The number of nitrogens with zero attached hydrogens (tertiary/aromatic N) is 2. The Morgan fingerprint density at radius 1 is 1.42 bits per heavy atom. The molecule has 5 heteroatoms. The van der Waals surface area contributed by atoms with Crippen LogP contribution in [0.15, 0.2) is 34.9 Å². The van der Waals surface area contributed by atoms with Crippen LogP contribution >= 0.6 is 15.9 Å². The molecular formula is C14H17BrFN3. The molecule has 19 heavy (non-hydrogen) atoms. The number of aryl methyl sites for hydroxylation is 1. The van der Waals surface area contributed by atoms with Gasteiger partial charge in [-0.05, 0) is 52.7 Å². The molecule has 3 nitrogen and oxygen atoms in total. The first-order valence-electron chi connectivity index (χ1n) is 6.29. The second-order valence-corrected chi connectivity index (χ2v) is 5.29. The molecule has 1 unspecified atom stereocenters. The molecule has 0 saturated heterocycles. The van der Waals surface area contributed by atoms with E-state index >= 15 is 0 Å². The lowest BCUT2D eigenvalue weighted by Gasteiger charge is -2.19. The average Bonchev–Trinajstić information content (AvgIpc) is 2.80. The molecule has 0 amide bonds. The number of hydrogen-bond donors (Lipinski definition) is 1. The number of benzene rings is 1. The van der Waals surface area contributed by atoms with Crippen molar-refractivity contribution in [2.45, 2.75) is 19.4 Å². The predicted octanol–water partition coefficient (Wildman–Crippen LogP) is 3.41. The Balaban J connectivity index is 2.37. The maximum absolute atomic E-state index is 13.4. The summed E-state index contributed by atoms with van der Waals surface area (Å²) in [5, 5.41) is 7.67. The van der Waals surface area contributed by atoms with E-state index in [0.29, 0.717) is 4.47 Å². The highest BCUT2D eigenvalue weighted by atomic mass is 79.9. The Morgan fingerprint density at radius 3 is 2.79 bits per heavy atom. The molecule has 0 spiro atoms. The summed E-state index contributed by atoms with van der Waals surface area (Å²) in [4.78, 5) is 0. The second-order valence-electron chi connectivity index (χ2n) is 4.44. The van der Waals surface area contributed by atoms with Crippen molar-refractivity contribution in [1.82, 2.24) is 15.1 Å². The van der Waals surface area contributed by atoms with Crippen molar-refractivity contribution in [3.63, 3.8) is 0 Å². The minimum atomic E-state index is -0.247. The molecule has 0 aliphatic rings. The van der Waals surface area contributed by atoms with Gasteiger partial charge in [0, 0.05) is 13.2 Å². The highest BCUT2D eigenvalue weighted by Crippen LogP contribution is 2.25. The largest absolute Gasteiger partial charge is 0.305 e. The lowest BCUT2D eigenvalue weighted by molar-refractivity contribution is 0.551. The molecule has 0 aliphatic carbocycles. The van der Waals surface area contributed by atoms with Gasteiger partial charge in [0.05, 0.1) is 16.2 Å². The normalized spacial score (nSPS) is 12.6. The van der Waals surface area contributed by atoms with Crippen LogP contribution in [0.4, 0.5) is 4.39 Å². The van der Waals surface area contributed by atoms with Gasteiger partial charge in [0.15, 0.2) is 0 Å². The quantitative estimate of drug-likeness (QED) is 0.912. The van der Waals surface area contributed by atoms with Gasteiger partial charge >= 0.3 is 0 Å². The number of halogens is 2. The van der Waals surface area contributed by atoms with Gasteiger partial charge in [0.1, 0.15) is 5.82 Å². The van der Waals surface area contributed by atoms with Crippen molar-refractivity contribution in [3.8, 4) is 0 Å². The summed E-state index contributed by atoms with van der Waals surface area (Å²) in [6.45, 7) is 3.01. The summed E-state index contributed by atoms with van der Waals surface area (Å²) in [6.07, 6.45) is 2.81. The summed E-state index contributed by atoms with van der Waals surface area (Å²) >= 11 is 3.24. The van der Waals surface area contributed by atoms with E-state index in [1.807, 2.05) is 23.9 Å². The summed E-state index contributed by atoms with van der Waals surface area (Å²) in [7, 11) is 1.91. The van der Waals surface area contributed by atoms with Gasteiger partial charge in [-0.3, -0.25) is 4.68 Å². The molecule has 2 rings (SSSR count). The molecular weight excluding hydrogens is 309 g/mol. The molecule has 102 valence electrons. The zero-order valence-electron chi connectivity index (χ0n) is 11.0. The molecule has 1 aromatic carbocycles. The van der Waals surface area contributed by atoms with Crippen molar-refractivity contribution in [3.05, 3.63) is 52.0 Å². The number of aromatic nitrogens is 2. The van der Waals surface area contributed by atoms with Gasteiger partial charge < -0.3 is 5.32 Å². The van der Waals surface area contributed by atoms with E-state index < -0.39 is 0 Å². The number of nitrogens with one attached hydrogen (secondary N) is 1. The Bertz CT molecular complexity index is 553. The molecule has 1 heterocycles. The third-order valence-electron chi connectivity index (χ3n) is 3.03. The van der Waals surface area contributed by atoms with Crippen LogP contribution in [0.1, 0.15) is 30.6 Å². The van der Waals surface area contributed by atoms with E-state index in [2.05, 4.69) is 33.3 Å². The lowest BCUT2D eigenvalue weighted by atomic mass is 10.0. The summed E-state index contributed by atoms with van der Waals surface area (Å²) in [5.41, 5.74) is 2.08. The maximum atomic E-state index is 13.4. The van der Waals surface area contributed by atoms with E-state index in [1.54, 1.807) is 12.3 Å². The molecule has 2 aromatic rings. The minimum absolute atomic E-state index is 0.0179. The molecule has 1 atom stereocenters. The molecule has 0 fully saturated rings. The average molecular weight is 326 g/mol. The van der Waals surface area contributed by atoms with Gasteiger partial charge in [-0.15, -0.1) is 0 Å². The van der Waals surface area contributed by atoms with Gasteiger partial charge in [0.25, 0.3) is 0 Å². The smallest absolute Gasteiger partial charge is 0.137 e. The Hall–Kier alpha value is -1.20. The zero-order chi connectivity index (χ0) is 13.8. The topological polar surface area (TPSA) is 29.9 Å². The zero-order valence-corrected chi connectivity index (χ0v) is 12.6. The minimum Gasteiger partial charge on any atom is -0.305 e. The maximum Gasteiger partial charge on any atom is 0.137 e. The summed E-state index contributed by atoms with van der Waals surface area (Å²) < 4.78 is 15.7. The highest BCUT2D eigenvalue weighted by molar-refractivity contribution is 9.10. The molecule has 1 N–H and O–H groups in total. The second kappa shape index (κ2) is 6.30. The van der Waals surface area contributed by atoms with Crippen LogP contribution < -0.4 is 5.32 Å². The van der Waals surface area contributed by atoms with Crippen molar-refractivity contribution in [2.75, 3.05) is 6.54 Å². The Labute approximate surface area is 121 Å². The van der Waals surface area contributed by atoms with Crippen LogP contribution in [0.2, 0.25) is 0 Å². The molecule has 1 aromatic heterocycles. The van der Waals surface area contributed by atoms with Crippen LogP contribution in [0.25, 0.3) is 0 Å². The van der Waals surface area contributed by atoms with E-state index in [4.69, 9.17) is 0 Å². The van der Waals surface area contributed by atoms with Crippen LogP contribution in [0.5, 0.6) is 0 Å². The number of hydrogen-bond acceptors (Lipinski definition) is 2. The fraction of sp³-hybridized carbons (Fsp3) is 0.357. The summed E-state index contributed by atoms with van der Waals surface area (Å²) in [6, 6.07) is 7.10. The molecule has 0 bridgehead atoms. The monoisotopic (exact) mass is 325 g/mol. The third kappa shape index (κ3) is 3.22. The van der Waals surface area contributed by atoms with Crippen molar-refractivity contribution < 1.29 is 4.39 Å². The van der Waals surface area contributed by atoms with Gasteiger partial charge in [-0.2, -0.15) is 5.10 Å². The number of rotatable bonds is 5. The first-order chi connectivity index (χ1) is 9.13. The predicted molar refractivity (Wildman–Crippen MR) is 77.4 cm³/mol. The van der Waals surface area contributed by atoms with Crippen LogP contribution in [0.3, 0.4) is 0 Å². The van der Waals surface area contributed by atoms with Crippen molar-refractivity contribution in [1.29, 1.82) is 0 Å². The third-order valence-corrected chi connectivity index (χ3v) is 3.64. The van der Waals surface area contributed by atoms with Gasteiger partial charge in [-0.1, -0.05) is 13.0 Å². The highest BCUT2D eigenvalue weighted by Gasteiger charge is 2.17. The van der Waals surface area contributed by atoms with E-state index in [9.17, 15) is 4.39 Å². The molecule has 0 radical (unpaired) electrons. The SMILES string of the molecule is CCCNC(c1ccc(F)c(Br)c1)c1ccnn1C. The van der Waals surface area contributed by atoms with Gasteiger partial charge in [-0.25, -0.2) is 4.39 Å². The van der Waals surface area contributed by atoms with Gasteiger partial charge in [0.2, 0.25) is 0 Å². The molecule has 0 saturated carbocycles. The van der Waals surface area contributed by atoms with Crippen LogP contribution in [-0.2, 0) is 7.05 Å². The first-order valence-corrected chi connectivity index (χ1v) is 7.09. The Kier molecular flexibility index (Phi) is 4.71. The molecule has 0 aliphatic heterocycles. The first kappa shape index (κ1) is 14.2. The fourth-order valence-corrected chi connectivity index (χ4v) is 2.44. The fourth-order valence-electron chi connectivity index (χ4n) is 2.04.